The summed E-state index contributed by atoms with van der Waals surface area (Å²) in [6, 6.07) is 9.68. The molecule has 0 aliphatic rings. The Balaban J connectivity index is 1.63. The molecule has 2 heterocycles. The maximum Gasteiger partial charge on any atom is 0.413 e. The van der Waals surface area contributed by atoms with E-state index in [0.29, 0.717) is 11.0 Å². The maximum absolute atomic E-state index is 11.9. The fourth-order valence-corrected chi connectivity index (χ4v) is 2.93. The summed E-state index contributed by atoms with van der Waals surface area (Å²) in [5.74, 6) is 0.664. The highest BCUT2D eigenvalue weighted by atomic mass is 32.1. The highest BCUT2D eigenvalue weighted by Crippen LogP contribution is 2.30. The van der Waals surface area contributed by atoms with Gasteiger partial charge < -0.3 is 24.4 Å². The highest BCUT2D eigenvalue weighted by molar-refractivity contribution is 7.15. The predicted octanol–water partition coefficient (Wildman–Crippen LogP) is 3.54. The lowest BCUT2D eigenvalue weighted by Crippen LogP contribution is -2.47. The van der Waals surface area contributed by atoms with Crippen LogP contribution in [0.2, 0.25) is 0 Å². The monoisotopic (exact) mass is 403 g/mol. The van der Waals surface area contributed by atoms with Crippen molar-refractivity contribution in [1.29, 1.82) is 0 Å². The van der Waals surface area contributed by atoms with Crippen LogP contribution < -0.4 is 14.8 Å². The number of benzene rings is 1. The Labute approximate surface area is 166 Å². The minimum Gasteiger partial charge on any atom is -0.465 e. The van der Waals surface area contributed by atoms with E-state index in [1.54, 1.807) is 13.8 Å². The topological polar surface area (TPSA) is 107 Å². The number of aromatic nitrogens is 2. The molecule has 3 rings (SSSR count). The van der Waals surface area contributed by atoms with Gasteiger partial charge >= 0.3 is 6.09 Å². The van der Waals surface area contributed by atoms with Crippen LogP contribution in [0.15, 0.2) is 41.1 Å². The molecule has 2 N–H and O–H groups in total. The minimum absolute atomic E-state index is 0.207. The fraction of sp³-hybridized carbons (Fsp3) is 0.316. The molecule has 0 radical (unpaired) electrons. The van der Waals surface area contributed by atoms with Crippen molar-refractivity contribution in [2.45, 2.75) is 32.9 Å². The van der Waals surface area contributed by atoms with Gasteiger partial charge in [-0.25, -0.2) is 9.78 Å². The van der Waals surface area contributed by atoms with Crippen LogP contribution in [0.25, 0.3) is 11.3 Å². The van der Waals surface area contributed by atoms with Gasteiger partial charge in [-0.2, -0.15) is 0 Å². The van der Waals surface area contributed by atoms with E-state index in [-0.39, 0.29) is 18.3 Å². The van der Waals surface area contributed by atoms with Crippen molar-refractivity contribution in [3.63, 3.8) is 0 Å². The lowest BCUT2D eigenvalue weighted by atomic mass is 10.1. The second-order valence-electron chi connectivity index (χ2n) is 6.72. The number of thiazole rings is 1. The van der Waals surface area contributed by atoms with Crippen molar-refractivity contribution >= 4 is 17.4 Å². The Bertz CT molecular complexity index is 936. The Hall–Kier alpha value is -2.91. The summed E-state index contributed by atoms with van der Waals surface area (Å²) in [6.07, 6.45) is 0.736. The van der Waals surface area contributed by atoms with Crippen molar-refractivity contribution in [3.05, 3.63) is 47.9 Å². The van der Waals surface area contributed by atoms with Gasteiger partial charge in [0.05, 0.1) is 23.9 Å². The first-order valence-corrected chi connectivity index (χ1v) is 9.39. The van der Waals surface area contributed by atoms with E-state index in [2.05, 4.69) is 15.5 Å². The minimum atomic E-state index is -0.777. The van der Waals surface area contributed by atoms with Gasteiger partial charge in [0.1, 0.15) is 18.1 Å². The molecular weight excluding hydrogens is 382 g/mol. The van der Waals surface area contributed by atoms with Crippen LogP contribution >= 0.6 is 11.3 Å². The molecule has 28 heavy (non-hydrogen) atoms. The SMILES string of the molecule is Cc1onc(-c2ccccc2)c1COc1ncc(OC(=O)NC(C)(C)CO)s1. The van der Waals surface area contributed by atoms with Crippen LogP contribution in [0.1, 0.15) is 25.2 Å². The molecule has 0 aliphatic carbocycles. The van der Waals surface area contributed by atoms with Crippen LogP contribution in [0.4, 0.5) is 4.79 Å². The molecule has 0 fully saturated rings. The van der Waals surface area contributed by atoms with Gasteiger partial charge in [-0.1, -0.05) is 35.5 Å². The second kappa shape index (κ2) is 8.41. The average molecular weight is 403 g/mol. The molecule has 1 aromatic carbocycles. The number of amides is 1. The molecule has 0 bridgehead atoms. The van der Waals surface area contributed by atoms with Crippen LogP contribution in [-0.2, 0) is 6.61 Å². The number of ether oxygens (including phenoxy) is 2. The third-order valence-corrected chi connectivity index (χ3v) is 4.65. The van der Waals surface area contributed by atoms with Gasteiger partial charge in [0, 0.05) is 5.56 Å². The molecule has 0 atom stereocenters. The number of aliphatic hydroxyl groups is 1. The van der Waals surface area contributed by atoms with Crippen molar-refractivity contribution in [3.8, 4) is 21.5 Å². The molecule has 0 saturated carbocycles. The molecule has 148 valence electrons. The molecular formula is C19H21N3O5S. The smallest absolute Gasteiger partial charge is 0.413 e. The summed E-state index contributed by atoms with van der Waals surface area (Å²) < 4.78 is 16.2. The summed E-state index contributed by atoms with van der Waals surface area (Å²) in [7, 11) is 0. The zero-order valence-electron chi connectivity index (χ0n) is 15.8. The zero-order valence-corrected chi connectivity index (χ0v) is 16.6. The molecule has 0 spiro atoms. The van der Waals surface area contributed by atoms with Gasteiger partial charge in [-0.05, 0) is 32.1 Å². The van der Waals surface area contributed by atoms with Gasteiger partial charge in [0.25, 0.3) is 5.19 Å². The number of carbonyl (C=O) groups excluding carboxylic acids is 1. The van der Waals surface area contributed by atoms with Gasteiger partial charge in [0.2, 0.25) is 5.06 Å². The second-order valence-corrected chi connectivity index (χ2v) is 7.68. The van der Waals surface area contributed by atoms with Gasteiger partial charge in [0.15, 0.2) is 0 Å². The molecule has 8 nitrogen and oxygen atoms in total. The molecule has 3 aromatic rings. The summed E-state index contributed by atoms with van der Waals surface area (Å²) in [5, 5.41) is 16.5. The quantitative estimate of drug-likeness (QED) is 0.621. The van der Waals surface area contributed by atoms with Crippen LogP contribution in [0, 0.1) is 6.92 Å². The molecule has 0 unspecified atom stereocenters. The number of hydrogen-bond donors (Lipinski definition) is 2. The van der Waals surface area contributed by atoms with Crippen molar-refractivity contribution in [2.24, 2.45) is 0 Å². The van der Waals surface area contributed by atoms with E-state index < -0.39 is 11.6 Å². The maximum atomic E-state index is 11.9. The number of nitrogens with one attached hydrogen (secondary N) is 1. The predicted molar refractivity (Wildman–Crippen MR) is 103 cm³/mol. The summed E-state index contributed by atoms with van der Waals surface area (Å²) in [6.45, 7) is 5.20. The first-order chi connectivity index (χ1) is 13.4. The largest absolute Gasteiger partial charge is 0.465 e. The van der Waals surface area contributed by atoms with Gasteiger partial charge in [-0.3, -0.25) is 0 Å². The molecule has 0 saturated heterocycles. The van der Waals surface area contributed by atoms with Crippen LogP contribution in [0.3, 0.4) is 0 Å². The number of rotatable bonds is 7. The van der Waals surface area contributed by atoms with Crippen LogP contribution in [0.5, 0.6) is 10.3 Å². The third-order valence-electron chi connectivity index (χ3n) is 3.86. The van der Waals surface area contributed by atoms with Crippen molar-refractivity contribution < 1.29 is 23.9 Å². The molecule has 1 amide bonds. The summed E-state index contributed by atoms with van der Waals surface area (Å²) in [4.78, 5) is 16.0. The molecule has 9 heteroatoms. The third kappa shape index (κ3) is 4.87. The number of carbonyl (C=O) groups is 1. The van der Waals surface area contributed by atoms with E-state index in [0.717, 1.165) is 28.2 Å². The Morgan fingerprint density at radius 2 is 2.07 bits per heavy atom. The van der Waals surface area contributed by atoms with Gasteiger partial charge in [-0.15, -0.1) is 0 Å². The molecule has 2 aromatic heterocycles. The zero-order chi connectivity index (χ0) is 20.1. The first kappa shape index (κ1) is 19.8. The van der Waals surface area contributed by atoms with Crippen LogP contribution in [-0.4, -0.2) is 33.5 Å². The lowest BCUT2D eigenvalue weighted by molar-refractivity contribution is 0.159. The summed E-state index contributed by atoms with van der Waals surface area (Å²) in [5.41, 5.74) is 1.70. The standard InChI is InChI=1S/C19H21N3O5S/c1-12-14(16(22-27-12)13-7-5-4-6-8-13)10-25-18-20-9-15(28-18)26-17(24)21-19(2,3)11-23/h4-9,23H,10-11H2,1-3H3,(H,21,24). The van der Waals surface area contributed by atoms with E-state index in [1.807, 2.05) is 37.3 Å². The number of aryl methyl sites for hydroxylation is 1. The number of nitrogens with zero attached hydrogens (tertiary/aromatic N) is 2. The Morgan fingerprint density at radius 1 is 1.32 bits per heavy atom. The van der Waals surface area contributed by atoms with Crippen molar-refractivity contribution in [1.82, 2.24) is 15.5 Å². The summed E-state index contributed by atoms with van der Waals surface area (Å²) >= 11 is 1.09. The van der Waals surface area contributed by atoms with E-state index in [4.69, 9.17) is 14.0 Å². The number of hydrogen-bond acceptors (Lipinski definition) is 8. The Morgan fingerprint density at radius 3 is 2.79 bits per heavy atom. The number of aliphatic hydroxyl groups excluding tert-OH is 1. The normalized spacial score (nSPS) is 11.3. The lowest BCUT2D eigenvalue weighted by Gasteiger charge is -2.22. The molecule has 0 aliphatic heterocycles. The highest BCUT2D eigenvalue weighted by Gasteiger charge is 2.21. The van der Waals surface area contributed by atoms with Crippen molar-refractivity contribution in [2.75, 3.05) is 6.61 Å². The fourth-order valence-electron chi connectivity index (χ4n) is 2.31. The first-order valence-electron chi connectivity index (χ1n) is 8.58. The van der Waals surface area contributed by atoms with E-state index in [1.165, 1.54) is 6.20 Å². The average Bonchev–Trinajstić information content (AvgIpc) is 3.26. The Kier molecular flexibility index (Phi) is 5.96. The van der Waals surface area contributed by atoms with E-state index in [9.17, 15) is 9.90 Å². The van der Waals surface area contributed by atoms with E-state index >= 15 is 0 Å².